The smallest absolute Gasteiger partial charge is 0.320 e. The number of nitrogens with zero attached hydrogens (tertiary/aromatic N) is 7. The lowest BCUT2D eigenvalue weighted by atomic mass is 9.85. The van der Waals surface area contributed by atoms with Gasteiger partial charge in [-0.05, 0) is 92.8 Å². The van der Waals surface area contributed by atoms with Crippen LogP contribution in [0.5, 0.6) is 5.75 Å². The number of benzene rings is 2. The highest BCUT2D eigenvalue weighted by atomic mass is 16.5. The number of amides is 2. The van der Waals surface area contributed by atoms with Crippen molar-refractivity contribution in [3.8, 4) is 11.4 Å². The zero-order valence-corrected chi connectivity index (χ0v) is 32.9. The number of nitrogens with one attached hydrogen (secondary N) is 2. The van der Waals surface area contributed by atoms with Gasteiger partial charge in [-0.15, -0.1) is 10.2 Å². The molecule has 55 heavy (non-hydrogen) atoms. The summed E-state index contributed by atoms with van der Waals surface area (Å²) < 4.78 is 16.1. The molecule has 0 saturated carbocycles. The molecule has 2 N–H and O–H groups in total. The number of pyridine rings is 1. The van der Waals surface area contributed by atoms with Gasteiger partial charge in [-0.2, -0.15) is 5.10 Å². The van der Waals surface area contributed by atoms with E-state index in [9.17, 15) is 4.79 Å². The van der Waals surface area contributed by atoms with E-state index in [1.807, 2.05) is 41.2 Å². The Kier molecular flexibility index (Phi) is 10.5. The topological polar surface area (TPSA) is 114 Å². The number of rotatable bonds is 9. The molecule has 2 aromatic carbocycles. The molecule has 5 aromatic rings. The molecule has 2 saturated heterocycles. The second-order valence-corrected chi connectivity index (χ2v) is 16.5. The molecular formula is C43H55N9O3. The first-order valence-corrected chi connectivity index (χ1v) is 20.0. The summed E-state index contributed by atoms with van der Waals surface area (Å²) in [5.41, 5.74) is 5.81. The maximum Gasteiger partial charge on any atom is 0.320 e. The van der Waals surface area contributed by atoms with Crippen LogP contribution >= 0.6 is 0 Å². The van der Waals surface area contributed by atoms with E-state index in [1.165, 1.54) is 12.0 Å². The Labute approximate surface area is 324 Å². The standard InChI is InChI=1S/C43H55N9O3/c1-29-10-8-9-23-50(29)42-47-46-39-20-17-33(28-51(39)42)55-37-19-18-36(34-11-6-7-12-35(34)37)44-41(53)45-40-26-38(43(2,3)4)48-52(40)31-15-13-30(14-16-31)27-49-24-21-32(54-5)22-25-49/h6-7,11-17,20,26,28-29,32,36-37H,8-10,18-19,21-25,27H2,1-5H3,(H2,44,45,53)/t29-,36-,37+/m0/s1. The summed E-state index contributed by atoms with van der Waals surface area (Å²) in [5.74, 6) is 2.27. The zero-order chi connectivity index (χ0) is 38.1. The van der Waals surface area contributed by atoms with Crippen LogP contribution in [0.1, 0.15) is 107 Å². The fourth-order valence-electron chi connectivity index (χ4n) is 8.36. The van der Waals surface area contributed by atoms with Crippen molar-refractivity contribution in [2.75, 3.05) is 37.0 Å². The number of carbonyl (C=O) groups is 1. The third-order valence-electron chi connectivity index (χ3n) is 11.6. The first kappa shape index (κ1) is 37.0. The highest BCUT2D eigenvalue weighted by Crippen LogP contribution is 2.39. The predicted molar refractivity (Wildman–Crippen MR) is 215 cm³/mol. The van der Waals surface area contributed by atoms with Gasteiger partial charge >= 0.3 is 6.03 Å². The number of hydrogen-bond donors (Lipinski definition) is 2. The van der Waals surface area contributed by atoms with Gasteiger partial charge in [0.15, 0.2) is 5.65 Å². The number of piperidine rings is 2. The van der Waals surface area contributed by atoms with Gasteiger partial charge in [0.1, 0.15) is 17.7 Å². The van der Waals surface area contributed by atoms with Crippen LogP contribution in [-0.2, 0) is 16.7 Å². The number of fused-ring (bicyclic) bond motifs is 2. The fourth-order valence-corrected chi connectivity index (χ4v) is 8.36. The van der Waals surface area contributed by atoms with E-state index < -0.39 is 0 Å². The van der Waals surface area contributed by atoms with Gasteiger partial charge in [0, 0.05) is 50.8 Å². The fraction of sp³-hybridized carbons (Fsp3) is 0.488. The van der Waals surface area contributed by atoms with Crippen LogP contribution < -0.4 is 20.3 Å². The molecule has 0 bridgehead atoms. The Balaban J connectivity index is 0.958. The monoisotopic (exact) mass is 745 g/mol. The van der Waals surface area contributed by atoms with Crippen molar-refractivity contribution in [3.63, 3.8) is 0 Å². The van der Waals surface area contributed by atoms with Crippen LogP contribution in [0.2, 0.25) is 0 Å². The van der Waals surface area contributed by atoms with Crippen molar-refractivity contribution in [1.29, 1.82) is 0 Å². The van der Waals surface area contributed by atoms with E-state index >= 15 is 0 Å². The van der Waals surface area contributed by atoms with Gasteiger partial charge < -0.3 is 19.7 Å². The number of carbonyl (C=O) groups excluding carboxylic acids is 1. The molecule has 8 rings (SSSR count). The van der Waals surface area contributed by atoms with Crippen molar-refractivity contribution in [1.82, 2.24) is 34.6 Å². The van der Waals surface area contributed by atoms with Crippen LogP contribution in [-0.4, -0.2) is 74.2 Å². The Morgan fingerprint density at radius 2 is 1.67 bits per heavy atom. The normalized spacial score (nSPS) is 21.0. The Hall–Kier alpha value is -4.94. The second-order valence-electron chi connectivity index (χ2n) is 16.5. The average molecular weight is 746 g/mol. The molecular weight excluding hydrogens is 691 g/mol. The van der Waals surface area contributed by atoms with Crippen molar-refractivity contribution in [3.05, 3.63) is 95.3 Å². The molecule has 1 aliphatic carbocycles. The molecule has 12 nitrogen and oxygen atoms in total. The number of likely N-dealkylation sites (tertiary alicyclic amines) is 1. The third kappa shape index (κ3) is 8.07. The lowest BCUT2D eigenvalue weighted by molar-refractivity contribution is 0.0388. The van der Waals surface area contributed by atoms with E-state index in [1.54, 1.807) is 7.11 Å². The van der Waals surface area contributed by atoms with Crippen LogP contribution in [0.15, 0.2) is 72.9 Å². The van der Waals surface area contributed by atoms with Crippen LogP contribution in [0.4, 0.5) is 16.6 Å². The number of hydrogen-bond acceptors (Lipinski definition) is 8. The minimum atomic E-state index is -0.269. The SMILES string of the molecule is COC1CCN(Cc2ccc(-n3nc(C(C)(C)C)cc3NC(=O)N[C@H]3CC[C@@H](Oc4ccc5nnc(N6CCCC[C@@H]6C)n5c4)c4ccccc43)cc2)CC1. The van der Waals surface area contributed by atoms with E-state index in [0.717, 1.165) is 105 Å². The Morgan fingerprint density at radius 1 is 0.891 bits per heavy atom. The summed E-state index contributed by atoms with van der Waals surface area (Å²) in [5, 5.41) is 20.4. The lowest BCUT2D eigenvalue weighted by Gasteiger charge is -2.33. The average Bonchev–Trinajstić information content (AvgIpc) is 3.81. The lowest BCUT2D eigenvalue weighted by Crippen LogP contribution is -2.38. The number of urea groups is 1. The van der Waals surface area contributed by atoms with Crippen molar-refractivity contribution in [2.45, 2.75) is 109 Å². The Morgan fingerprint density at radius 3 is 2.42 bits per heavy atom. The molecule has 0 spiro atoms. The maximum absolute atomic E-state index is 13.8. The Bertz CT molecular complexity index is 2090. The van der Waals surface area contributed by atoms with Crippen molar-refractivity contribution < 1.29 is 14.3 Å². The molecule has 0 unspecified atom stereocenters. The maximum atomic E-state index is 13.8. The summed E-state index contributed by atoms with van der Waals surface area (Å²) in [6.07, 6.45) is 9.41. The second kappa shape index (κ2) is 15.7. The molecule has 2 fully saturated rings. The van der Waals surface area contributed by atoms with Gasteiger partial charge in [-0.25, -0.2) is 9.48 Å². The van der Waals surface area contributed by atoms with Crippen molar-refractivity contribution in [2.24, 2.45) is 0 Å². The summed E-state index contributed by atoms with van der Waals surface area (Å²) in [6, 6.07) is 22.7. The van der Waals surface area contributed by atoms with Gasteiger partial charge in [-0.1, -0.05) is 57.2 Å². The summed E-state index contributed by atoms with van der Waals surface area (Å²) >= 11 is 0. The molecule has 2 amide bonds. The molecule has 0 radical (unpaired) electrons. The first-order valence-electron chi connectivity index (χ1n) is 20.0. The number of ether oxygens (including phenoxy) is 2. The quantitative estimate of drug-likeness (QED) is 0.156. The molecule has 290 valence electrons. The molecule has 3 atom stereocenters. The highest BCUT2D eigenvalue weighted by Gasteiger charge is 2.31. The van der Waals surface area contributed by atoms with Gasteiger partial charge in [-0.3, -0.25) is 14.6 Å². The molecule has 2 aliphatic heterocycles. The summed E-state index contributed by atoms with van der Waals surface area (Å²) in [6.45, 7) is 12.6. The zero-order valence-electron chi connectivity index (χ0n) is 32.9. The number of methoxy groups -OCH3 is 1. The van der Waals surface area contributed by atoms with Gasteiger partial charge in [0.25, 0.3) is 0 Å². The van der Waals surface area contributed by atoms with Gasteiger partial charge in [0.2, 0.25) is 5.95 Å². The number of anilines is 2. The van der Waals surface area contributed by atoms with E-state index in [2.05, 4.69) is 99.1 Å². The van der Waals surface area contributed by atoms with E-state index in [4.69, 9.17) is 14.6 Å². The molecule has 3 aromatic heterocycles. The molecule has 12 heteroatoms. The van der Waals surface area contributed by atoms with E-state index in [-0.39, 0.29) is 23.6 Å². The minimum Gasteiger partial charge on any atom is -0.484 e. The van der Waals surface area contributed by atoms with Crippen molar-refractivity contribution >= 4 is 23.4 Å². The molecule has 5 heterocycles. The van der Waals surface area contributed by atoms with Crippen LogP contribution in [0, 0.1) is 0 Å². The molecule has 3 aliphatic rings. The van der Waals surface area contributed by atoms with Gasteiger partial charge in [0.05, 0.1) is 29.7 Å². The summed E-state index contributed by atoms with van der Waals surface area (Å²) in [7, 11) is 1.81. The van der Waals surface area contributed by atoms with E-state index in [0.29, 0.717) is 18.0 Å². The predicted octanol–water partition coefficient (Wildman–Crippen LogP) is 7.98. The third-order valence-corrected chi connectivity index (χ3v) is 11.6. The minimum absolute atomic E-state index is 0.153. The largest absolute Gasteiger partial charge is 0.484 e. The van der Waals surface area contributed by atoms with Crippen LogP contribution in [0.3, 0.4) is 0 Å². The first-order chi connectivity index (χ1) is 26.6. The van der Waals surface area contributed by atoms with Crippen LogP contribution in [0.25, 0.3) is 11.3 Å². The highest BCUT2D eigenvalue weighted by molar-refractivity contribution is 5.89. The number of aromatic nitrogens is 5. The summed E-state index contributed by atoms with van der Waals surface area (Å²) in [4.78, 5) is 18.6.